The molecule has 2 rings (SSSR count). The molecule has 0 bridgehead atoms. The maximum atomic E-state index is 12.4. The van der Waals surface area contributed by atoms with Crippen LogP contribution in [0.4, 0.5) is 5.69 Å². The van der Waals surface area contributed by atoms with E-state index in [0.29, 0.717) is 5.56 Å². The Morgan fingerprint density at radius 2 is 1.67 bits per heavy atom. The minimum absolute atomic E-state index is 0.0943. The van der Waals surface area contributed by atoms with Gasteiger partial charge in [0.15, 0.2) is 0 Å². The lowest BCUT2D eigenvalue weighted by Gasteiger charge is -2.34. The maximum absolute atomic E-state index is 12.4. The molecule has 1 saturated heterocycles. The summed E-state index contributed by atoms with van der Waals surface area (Å²) in [5.74, 6) is 0.129. The highest BCUT2D eigenvalue weighted by molar-refractivity contribution is 5.99. The van der Waals surface area contributed by atoms with E-state index in [2.05, 4.69) is 25.2 Å². The fourth-order valence-electron chi connectivity index (χ4n) is 3.66. The van der Waals surface area contributed by atoms with Gasteiger partial charge in [-0.3, -0.25) is 4.79 Å². The fraction of sp³-hybridized carbons (Fsp3) is 0.652. The number of nitrogens with zero attached hydrogens (tertiary/aromatic N) is 2. The second-order valence-electron chi connectivity index (χ2n) is 7.46. The van der Waals surface area contributed by atoms with E-state index in [-0.39, 0.29) is 11.9 Å². The lowest BCUT2D eigenvalue weighted by atomic mass is 9.99. The van der Waals surface area contributed by atoms with Crippen LogP contribution < -0.4 is 10.2 Å². The molecular formula is C23H37N3O. The van der Waals surface area contributed by atoms with Crippen molar-refractivity contribution in [3.8, 4) is 6.07 Å². The average Bonchev–Trinajstić information content (AvgIpc) is 2.66. The molecule has 0 aliphatic carbocycles. The minimum atomic E-state index is -0.0943. The molecule has 0 saturated carbocycles. The van der Waals surface area contributed by atoms with Crippen LogP contribution in [-0.2, 0) is 4.79 Å². The Bertz CT molecular complexity index is 604. The number of anilines is 1. The van der Waals surface area contributed by atoms with Crippen LogP contribution in [0, 0.1) is 25.2 Å². The number of hydrogen-bond donors (Lipinski definition) is 1. The maximum Gasteiger partial charge on any atom is 0.244 e. The van der Waals surface area contributed by atoms with Crippen LogP contribution in [0.15, 0.2) is 12.1 Å². The van der Waals surface area contributed by atoms with Crippen LogP contribution in [-0.4, -0.2) is 25.5 Å². The van der Waals surface area contributed by atoms with Crippen molar-refractivity contribution in [2.45, 2.75) is 85.1 Å². The molecule has 0 spiro atoms. The predicted octanol–water partition coefficient (Wildman–Crippen LogP) is 5.26. The molecular weight excluding hydrogens is 334 g/mol. The molecule has 1 unspecified atom stereocenters. The smallest absolute Gasteiger partial charge is 0.244 e. The molecule has 4 heteroatoms. The van der Waals surface area contributed by atoms with Gasteiger partial charge >= 0.3 is 0 Å². The topological polar surface area (TPSA) is 56.1 Å². The first-order valence-electron chi connectivity index (χ1n) is 10.5. The predicted molar refractivity (Wildman–Crippen MR) is 114 cm³/mol. The van der Waals surface area contributed by atoms with Gasteiger partial charge in [0.25, 0.3) is 0 Å². The fourth-order valence-corrected chi connectivity index (χ4v) is 3.66. The van der Waals surface area contributed by atoms with Crippen LogP contribution in [0.3, 0.4) is 0 Å². The number of nitrogens with one attached hydrogen (secondary N) is 1. The molecule has 1 amide bonds. The summed E-state index contributed by atoms with van der Waals surface area (Å²) in [5, 5.41) is 12.1. The number of aryl methyl sites for hydroxylation is 2. The normalized spacial score (nSPS) is 16.5. The molecule has 0 radical (unpaired) electrons. The van der Waals surface area contributed by atoms with Crippen molar-refractivity contribution in [3.05, 3.63) is 28.8 Å². The lowest BCUT2D eigenvalue weighted by molar-refractivity contribution is -0.121. The van der Waals surface area contributed by atoms with Gasteiger partial charge in [0.1, 0.15) is 0 Å². The lowest BCUT2D eigenvalue weighted by Crippen LogP contribution is -2.50. The molecule has 1 fully saturated rings. The summed E-state index contributed by atoms with van der Waals surface area (Å²) in [7, 11) is 1.82. The van der Waals surface area contributed by atoms with Crippen molar-refractivity contribution in [3.63, 3.8) is 0 Å². The third-order valence-electron chi connectivity index (χ3n) is 5.13. The highest BCUT2D eigenvalue weighted by Crippen LogP contribution is 2.29. The van der Waals surface area contributed by atoms with Crippen molar-refractivity contribution in [2.24, 2.45) is 0 Å². The quantitative estimate of drug-likeness (QED) is 0.665. The summed E-state index contributed by atoms with van der Waals surface area (Å²) in [6.07, 6.45) is 10.4. The van der Waals surface area contributed by atoms with E-state index in [1.165, 1.54) is 38.5 Å². The van der Waals surface area contributed by atoms with Crippen LogP contribution in [0.2, 0.25) is 0 Å². The number of carbonyl (C=O) groups excluding carboxylic acids is 1. The van der Waals surface area contributed by atoms with Gasteiger partial charge < -0.3 is 10.2 Å². The van der Waals surface area contributed by atoms with Crippen molar-refractivity contribution < 1.29 is 4.79 Å². The van der Waals surface area contributed by atoms with Crippen molar-refractivity contribution in [1.29, 1.82) is 5.26 Å². The Kier molecular flexibility index (Phi) is 10.7. The summed E-state index contributed by atoms with van der Waals surface area (Å²) in [5.41, 5.74) is 3.58. The average molecular weight is 372 g/mol. The number of nitriles is 1. The molecule has 150 valence electrons. The summed E-state index contributed by atoms with van der Waals surface area (Å²) < 4.78 is 0. The number of hydrogen-bond acceptors (Lipinski definition) is 3. The highest BCUT2D eigenvalue weighted by Gasteiger charge is 2.30. The molecule has 1 atom stereocenters. The number of carbonyl (C=O) groups is 1. The van der Waals surface area contributed by atoms with E-state index in [0.717, 1.165) is 36.2 Å². The van der Waals surface area contributed by atoms with Gasteiger partial charge in [0, 0.05) is 12.2 Å². The molecule has 1 aliphatic rings. The monoisotopic (exact) mass is 371 g/mol. The first-order valence-corrected chi connectivity index (χ1v) is 10.5. The van der Waals surface area contributed by atoms with E-state index in [9.17, 15) is 4.79 Å². The molecule has 0 aromatic heterocycles. The van der Waals surface area contributed by atoms with E-state index >= 15 is 0 Å². The molecule has 1 N–H and O–H groups in total. The van der Waals surface area contributed by atoms with Crippen LogP contribution >= 0.6 is 0 Å². The second-order valence-corrected chi connectivity index (χ2v) is 7.46. The Labute approximate surface area is 165 Å². The molecule has 1 aliphatic heterocycles. The van der Waals surface area contributed by atoms with Crippen LogP contribution in [0.25, 0.3) is 0 Å². The first kappa shape index (κ1) is 23.2. The van der Waals surface area contributed by atoms with E-state index < -0.39 is 0 Å². The summed E-state index contributed by atoms with van der Waals surface area (Å²) in [6, 6.07) is 5.75. The first-order chi connectivity index (χ1) is 13.0. The third kappa shape index (κ3) is 6.99. The van der Waals surface area contributed by atoms with Crippen molar-refractivity contribution >= 4 is 11.6 Å². The van der Waals surface area contributed by atoms with E-state index in [1.54, 1.807) is 0 Å². The molecule has 1 aromatic rings. The van der Waals surface area contributed by atoms with Crippen molar-refractivity contribution in [2.75, 3.05) is 18.5 Å². The van der Waals surface area contributed by atoms with Crippen LogP contribution in [0.5, 0.6) is 0 Å². The Morgan fingerprint density at radius 3 is 2.11 bits per heavy atom. The highest BCUT2D eigenvalue weighted by atomic mass is 16.2. The SMILES string of the molecule is CCCCCCCC.CNC1CCCN(c2c(C)cc(C#N)cc2C)C1=O. The number of benzene rings is 1. The molecule has 4 nitrogen and oxygen atoms in total. The number of piperidine rings is 1. The standard InChI is InChI=1S/C15H19N3O.C8H18/c1-10-7-12(9-16)8-11(2)14(10)18-6-4-5-13(17-3)15(18)19;1-3-5-7-8-6-4-2/h7-8,13,17H,4-6H2,1-3H3;3-8H2,1-2H3. The number of unbranched alkanes of at least 4 members (excludes halogenated alkanes) is 5. The van der Waals surface area contributed by atoms with Gasteiger partial charge in [-0.25, -0.2) is 0 Å². The van der Waals surface area contributed by atoms with Gasteiger partial charge in [0.2, 0.25) is 5.91 Å². The zero-order chi connectivity index (χ0) is 20.2. The third-order valence-corrected chi connectivity index (χ3v) is 5.13. The molecule has 1 heterocycles. The summed E-state index contributed by atoms with van der Waals surface area (Å²) in [4.78, 5) is 14.3. The zero-order valence-electron chi connectivity index (χ0n) is 17.9. The Hall–Kier alpha value is -1.86. The minimum Gasteiger partial charge on any atom is -0.311 e. The van der Waals surface area contributed by atoms with E-state index in [1.807, 2.05) is 37.9 Å². The van der Waals surface area contributed by atoms with Gasteiger partial charge in [-0.2, -0.15) is 5.26 Å². The number of likely N-dealkylation sites (N-methyl/N-ethyl adjacent to an activating group) is 1. The van der Waals surface area contributed by atoms with Crippen LogP contribution in [0.1, 0.15) is 81.9 Å². The Morgan fingerprint density at radius 1 is 1.11 bits per heavy atom. The van der Waals surface area contributed by atoms with Gasteiger partial charge in [0.05, 0.1) is 17.7 Å². The number of rotatable bonds is 7. The Balaban J connectivity index is 0.000000387. The van der Waals surface area contributed by atoms with Gasteiger partial charge in [-0.1, -0.05) is 52.4 Å². The number of amides is 1. The van der Waals surface area contributed by atoms with E-state index in [4.69, 9.17) is 5.26 Å². The molecule has 27 heavy (non-hydrogen) atoms. The van der Waals surface area contributed by atoms with Gasteiger partial charge in [-0.05, 0) is 57.0 Å². The van der Waals surface area contributed by atoms with Gasteiger partial charge in [-0.15, -0.1) is 0 Å². The largest absolute Gasteiger partial charge is 0.311 e. The zero-order valence-corrected chi connectivity index (χ0v) is 17.9. The second kappa shape index (κ2) is 12.5. The summed E-state index contributed by atoms with van der Waals surface area (Å²) >= 11 is 0. The summed E-state index contributed by atoms with van der Waals surface area (Å²) in [6.45, 7) is 9.18. The molecule has 1 aromatic carbocycles. The van der Waals surface area contributed by atoms with Crippen molar-refractivity contribution in [1.82, 2.24) is 5.32 Å².